The molecule has 0 bridgehead atoms. The fraction of sp³-hybridized carbons (Fsp3) is 0.190. The van der Waals surface area contributed by atoms with E-state index in [-0.39, 0.29) is 11.7 Å². The minimum atomic E-state index is -0.286. The van der Waals surface area contributed by atoms with Gasteiger partial charge in [-0.25, -0.2) is 4.39 Å². The predicted octanol–water partition coefficient (Wildman–Crippen LogP) is 4.41. The summed E-state index contributed by atoms with van der Waals surface area (Å²) in [5.41, 5.74) is 2.88. The van der Waals surface area contributed by atoms with Gasteiger partial charge in [-0.1, -0.05) is 13.8 Å². The van der Waals surface area contributed by atoms with Crippen molar-refractivity contribution < 1.29 is 9.18 Å². The van der Waals surface area contributed by atoms with E-state index in [1.165, 1.54) is 12.1 Å². The van der Waals surface area contributed by atoms with E-state index < -0.39 is 0 Å². The Hall–Kier alpha value is -3.28. The number of amides is 1. The van der Waals surface area contributed by atoms with Gasteiger partial charge in [0, 0.05) is 23.4 Å². The van der Waals surface area contributed by atoms with Gasteiger partial charge in [0.05, 0.1) is 5.69 Å². The second-order valence-corrected chi connectivity index (χ2v) is 6.62. The summed E-state index contributed by atoms with van der Waals surface area (Å²) in [7, 11) is 0. The molecule has 3 rings (SSSR count). The number of carbonyl (C=O) groups excluding carboxylic acids is 1. The van der Waals surface area contributed by atoms with Crippen molar-refractivity contribution in [3.8, 4) is 11.3 Å². The first-order valence-electron chi connectivity index (χ1n) is 8.76. The first-order valence-corrected chi connectivity index (χ1v) is 8.76. The molecule has 1 aromatic heterocycles. The summed E-state index contributed by atoms with van der Waals surface area (Å²) in [5.74, 6) is 0.620. The number of hydrogen-bond acceptors (Lipinski definition) is 4. The lowest BCUT2D eigenvalue weighted by atomic mass is 10.1. The van der Waals surface area contributed by atoms with Crippen molar-refractivity contribution in [2.24, 2.45) is 5.92 Å². The van der Waals surface area contributed by atoms with Crippen LogP contribution in [0.15, 0.2) is 60.7 Å². The van der Waals surface area contributed by atoms with Gasteiger partial charge in [0.1, 0.15) is 5.82 Å². The maximum Gasteiger partial charge on any atom is 0.251 e. The fourth-order valence-electron chi connectivity index (χ4n) is 2.43. The lowest BCUT2D eigenvalue weighted by Gasteiger charge is -2.09. The monoisotopic (exact) mass is 364 g/mol. The number of rotatable bonds is 6. The molecule has 2 N–H and O–H groups in total. The van der Waals surface area contributed by atoms with Crippen LogP contribution < -0.4 is 10.6 Å². The topological polar surface area (TPSA) is 66.9 Å². The number of nitrogens with zero attached hydrogens (tertiary/aromatic N) is 2. The molecular weight excluding hydrogens is 343 g/mol. The van der Waals surface area contributed by atoms with Crippen molar-refractivity contribution in [2.75, 3.05) is 11.9 Å². The summed E-state index contributed by atoms with van der Waals surface area (Å²) < 4.78 is 13.0. The number of benzene rings is 2. The van der Waals surface area contributed by atoms with Gasteiger partial charge in [0.2, 0.25) is 0 Å². The van der Waals surface area contributed by atoms with Crippen LogP contribution >= 0.6 is 0 Å². The number of carbonyl (C=O) groups is 1. The zero-order valence-corrected chi connectivity index (χ0v) is 15.2. The van der Waals surface area contributed by atoms with Crippen LogP contribution in [0.2, 0.25) is 0 Å². The van der Waals surface area contributed by atoms with Gasteiger partial charge in [0.15, 0.2) is 5.82 Å². The van der Waals surface area contributed by atoms with Crippen molar-refractivity contribution in [3.63, 3.8) is 0 Å². The maximum atomic E-state index is 13.0. The van der Waals surface area contributed by atoms with Gasteiger partial charge in [-0.05, 0) is 66.6 Å². The molecule has 0 radical (unpaired) electrons. The molecule has 0 aliphatic heterocycles. The van der Waals surface area contributed by atoms with Gasteiger partial charge >= 0.3 is 0 Å². The van der Waals surface area contributed by atoms with E-state index in [1.807, 2.05) is 18.2 Å². The third kappa shape index (κ3) is 5.10. The molecule has 2 aromatic carbocycles. The Labute approximate surface area is 157 Å². The molecule has 0 saturated carbocycles. The van der Waals surface area contributed by atoms with Crippen LogP contribution in [-0.2, 0) is 0 Å². The summed E-state index contributed by atoms with van der Waals surface area (Å²) in [6, 6.07) is 16.9. The molecule has 0 spiro atoms. The van der Waals surface area contributed by atoms with E-state index in [4.69, 9.17) is 0 Å². The maximum absolute atomic E-state index is 13.0. The molecule has 0 fully saturated rings. The van der Waals surface area contributed by atoms with Crippen LogP contribution in [0.25, 0.3) is 11.3 Å². The highest BCUT2D eigenvalue weighted by molar-refractivity contribution is 5.94. The molecule has 0 atom stereocenters. The van der Waals surface area contributed by atoms with Crippen molar-refractivity contribution >= 4 is 17.4 Å². The number of halogens is 1. The Balaban J connectivity index is 1.63. The second kappa shape index (κ2) is 8.40. The Morgan fingerprint density at radius 3 is 2.26 bits per heavy atom. The van der Waals surface area contributed by atoms with E-state index in [2.05, 4.69) is 34.7 Å². The number of aromatic nitrogens is 2. The molecule has 27 heavy (non-hydrogen) atoms. The summed E-state index contributed by atoms with van der Waals surface area (Å²) in [6.45, 7) is 4.75. The molecule has 6 heteroatoms. The van der Waals surface area contributed by atoms with Gasteiger partial charge in [-0.2, -0.15) is 0 Å². The highest BCUT2D eigenvalue weighted by Crippen LogP contribution is 2.19. The highest BCUT2D eigenvalue weighted by atomic mass is 19.1. The van der Waals surface area contributed by atoms with Gasteiger partial charge in [0.25, 0.3) is 5.91 Å². The van der Waals surface area contributed by atoms with E-state index in [0.717, 1.165) is 11.3 Å². The highest BCUT2D eigenvalue weighted by Gasteiger charge is 2.06. The molecular formula is C21H21FN4O. The average Bonchev–Trinajstić information content (AvgIpc) is 2.68. The number of anilines is 2. The molecule has 3 aromatic rings. The van der Waals surface area contributed by atoms with E-state index >= 15 is 0 Å². The fourth-order valence-corrected chi connectivity index (χ4v) is 2.43. The Morgan fingerprint density at radius 2 is 1.67 bits per heavy atom. The van der Waals surface area contributed by atoms with E-state index in [0.29, 0.717) is 29.5 Å². The van der Waals surface area contributed by atoms with Gasteiger partial charge < -0.3 is 10.6 Å². The van der Waals surface area contributed by atoms with Crippen LogP contribution in [0.1, 0.15) is 24.2 Å². The Kier molecular flexibility index (Phi) is 5.76. The van der Waals surface area contributed by atoms with Crippen molar-refractivity contribution in [1.82, 2.24) is 15.5 Å². The first kappa shape index (κ1) is 18.5. The zero-order valence-electron chi connectivity index (χ0n) is 15.2. The van der Waals surface area contributed by atoms with E-state index in [9.17, 15) is 9.18 Å². The van der Waals surface area contributed by atoms with Crippen LogP contribution in [0.4, 0.5) is 15.9 Å². The number of nitrogens with one attached hydrogen (secondary N) is 2. The summed E-state index contributed by atoms with van der Waals surface area (Å²) in [6.07, 6.45) is 0. The quantitative estimate of drug-likeness (QED) is 0.680. The molecule has 5 nitrogen and oxygen atoms in total. The molecule has 0 aliphatic carbocycles. The van der Waals surface area contributed by atoms with Crippen LogP contribution in [-0.4, -0.2) is 22.6 Å². The van der Waals surface area contributed by atoms with Crippen molar-refractivity contribution in [3.05, 3.63) is 72.0 Å². The second-order valence-electron chi connectivity index (χ2n) is 6.62. The zero-order chi connectivity index (χ0) is 19.2. The summed E-state index contributed by atoms with van der Waals surface area (Å²) >= 11 is 0. The molecule has 1 heterocycles. The first-order chi connectivity index (χ1) is 13.0. The molecule has 0 saturated heterocycles. The van der Waals surface area contributed by atoms with Crippen LogP contribution in [0, 0.1) is 11.7 Å². The molecule has 0 aliphatic rings. The normalized spacial score (nSPS) is 10.7. The lowest BCUT2D eigenvalue weighted by Crippen LogP contribution is -2.27. The standard InChI is InChI=1S/C21H21FN4O/c1-14(2)13-23-21(27)16-5-9-18(10-6-16)24-20-12-11-19(25-26-20)15-3-7-17(22)8-4-15/h3-12,14H,13H2,1-2H3,(H,23,27)(H,24,26). The number of hydrogen-bond donors (Lipinski definition) is 2. The third-order valence-corrected chi connectivity index (χ3v) is 3.89. The minimum Gasteiger partial charge on any atom is -0.352 e. The molecule has 138 valence electrons. The van der Waals surface area contributed by atoms with Crippen LogP contribution in [0.3, 0.4) is 0 Å². The van der Waals surface area contributed by atoms with Gasteiger partial charge in [-0.15, -0.1) is 10.2 Å². The van der Waals surface area contributed by atoms with Gasteiger partial charge in [-0.3, -0.25) is 4.79 Å². The smallest absolute Gasteiger partial charge is 0.251 e. The third-order valence-electron chi connectivity index (χ3n) is 3.89. The summed E-state index contributed by atoms with van der Waals surface area (Å²) in [4.78, 5) is 12.0. The largest absolute Gasteiger partial charge is 0.352 e. The van der Waals surface area contributed by atoms with Crippen molar-refractivity contribution in [2.45, 2.75) is 13.8 Å². The minimum absolute atomic E-state index is 0.0845. The SMILES string of the molecule is CC(C)CNC(=O)c1ccc(Nc2ccc(-c3ccc(F)cc3)nn2)cc1. The average molecular weight is 364 g/mol. The van der Waals surface area contributed by atoms with E-state index in [1.54, 1.807) is 30.3 Å². The molecule has 0 unspecified atom stereocenters. The Bertz CT molecular complexity index is 891. The van der Waals surface area contributed by atoms with Crippen molar-refractivity contribution in [1.29, 1.82) is 0 Å². The Morgan fingerprint density at radius 1 is 0.963 bits per heavy atom. The molecule has 1 amide bonds. The lowest BCUT2D eigenvalue weighted by molar-refractivity contribution is 0.0949. The predicted molar refractivity (Wildman–Crippen MR) is 104 cm³/mol. The van der Waals surface area contributed by atoms with Crippen LogP contribution in [0.5, 0.6) is 0 Å². The summed E-state index contributed by atoms with van der Waals surface area (Å²) in [5, 5.41) is 14.3.